The maximum Gasteiger partial charge on any atom is 0.137 e. The monoisotopic (exact) mass is 161 g/mol. The normalized spacial score (nSPS) is 13.2. The average Bonchev–Trinajstić information content (AvgIpc) is 2.49. The number of benzene rings is 1. The number of fused-ring (bicyclic) bond motifs is 1. The quantitative estimate of drug-likeness (QED) is 0.622. The molecule has 0 aromatic heterocycles. The van der Waals surface area contributed by atoms with Crippen molar-refractivity contribution in [3.8, 4) is 17.6 Å². The van der Waals surface area contributed by atoms with Gasteiger partial charge >= 0.3 is 0 Å². The van der Waals surface area contributed by atoms with E-state index in [2.05, 4.69) is 0 Å². The summed E-state index contributed by atoms with van der Waals surface area (Å²) in [4.78, 5) is 0. The molecule has 0 spiro atoms. The second-order valence-corrected chi connectivity index (χ2v) is 2.69. The van der Waals surface area contributed by atoms with Gasteiger partial charge in [0.05, 0.1) is 12.2 Å². The Bertz CT molecular complexity index is 365. The van der Waals surface area contributed by atoms with Crippen LogP contribution >= 0.6 is 0 Å². The van der Waals surface area contributed by atoms with Gasteiger partial charge in [-0.05, 0) is 11.6 Å². The Morgan fingerprint density at radius 1 is 1.50 bits per heavy atom. The fourth-order valence-corrected chi connectivity index (χ4v) is 1.30. The molecule has 12 heavy (non-hydrogen) atoms. The first-order valence-electron chi connectivity index (χ1n) is 3.70. The molecule has 3 heteroatoms. The van der Waals surface area contributed by atoms with Crippen molar-refractivity contribution < 1.29 is 9.84 Å². The number of hydrogen-bond donors (Lipinski definition) is 1. The van der Waals surface area contributed by atoms with Gasteiger partial charge in [0.25, 0.3) is 0 Å². The maximum atomic E-state index is 9.27. The molecular weight excluding hydrogens is 154 g/mol. The van der Waals surface area contributed by atoms with Crippen LogP contribution in [-0.2, 0) is 6.42 Å². The van der Waals surface area contributed by atoms with Crippen molar-refractivity contribution in [2.75, 3.05) is 6.61 Å². The zero-order valence-corrected chi connectivity index (χ0v) is 6.37. The predicted octanol–water partition coefficient (Wildman–Crippen LogP) is 1.20. The van der Waals surface area contributed by atoms with E-state index in [1.54, 1.807) is 6.07 Å². The number of nitriles is 1. The fourth-order valence-electron chi connectivity index (χ4n) is 1.30. The van der Waals surface area contributed by atoms with Gasteiger partial charge in [-0.25, -0.2) is 0 Å². The highest BCUT2D eigenvalue weighted by Gasteiger charge is 2.14. The number of ether oxygens (including phenoxy) is 1. The van der Waals surface area contributed by atoms with E-state index in [1.165, 1.54) is 6.07 Å². The molecule has 60 valence electrons. The lowest BCUT2D eigenvalue weighted by molar-refractivity contribution is 0.354. The zero-order chi connectivity index (χ0) is 8.55. The summed E-state index contributed by atoms with van der Waals surface area (Å²) in [6.07, 6.45) is 0.824. The fraction of sp³-hybridized carbons (Fsp3) is 0.222. The van der Waals surface area contributed by atoms with Crippen LogP contribution in [0.3, 0.4) is 0 Å². The molecule has 0 saturated carbocycles. The van der Waals surface area contributed by atoms with Crippen LogP contribution in [-0.4, -0.2) is 11.7 Å². The molecule has 0 fully saturated rings. The molecule has 3 nitrogen and oxygen atoms in total. The number of phenols is 1. The standard InChI is InChI=1S/C9H7NO2/c10-5-7-3-6-1-2-12-9(6)4-8(7)11/h3-4,11H,1-2H2. The van der Waals surface area contributed by atoms with Crippen LogP contribution < -0.4 is 4.74 Å². The summed E-state index contributed by atoms with van der Waals surface area (Å²) in [5.74, 6) is 0.699. The third-order valence-corrected chi connectivity index (χ3v) is 1.93. The summed E-state index contributed by atoms with van der Waals surface area (Å²) in [6.45, 7) is 0.643. The number of rotatable bonds is 0. The summed E-state index contributed by atoms with van der Waals surface area (Å²) < 4.78 is 5.21. The molecule has 0 unspecified atom stereocenters. The Morgan fingerprint density at radius 2 is 2.33 bits per heavy atom. The zero-order valence-electron chi connectivity index (χ0n) is 6.37. The van der Waals surface area contributed by atoms with Crippen LogP contribution in [0.5, 0.6) is 11.5 Å². The topological polar surface area (TPSA) is 53.2 Å². The molecule has 1 aromatic carbocycles. The van der Waals surface area contributed by atoms with E-state index < -0.39 is 0 Å². The highest BCUT2D eigenvalue weighted by atomic mass is 16.5. The predicted molar refractivity (Wildman–Crippen MR) is 42.0 cm³/mol. The van der Waals surface area contributed by atoms with Gasteiger partial charge in [-0.2, -0.15) is 5.26 Å². The number of phenolic OH excluding ortho intramolecular Hbond substituents is 1. The first kappa shape index (κ1) is 6.99. The van der Waals surface area contributed by atoms with Crippen molar-refractivity contribution >= 4 is 0 Å². The van der Waals surface area contributed by atoms with Crippen molar-refractivity contribution in [2.24, 2.45) is 0 Å². The number of hydrogen-bond acceptors (Lipinski definition) is 3. The van der Waals surface area contributed by atoms with Crippen LogP contribution in [0.2, 0.25) is 0 Å². The SMILES string of the molecule is N#Cc1cc2c(cc1O)OCC2. The molecule has 1 N–H and O–H groups in total. The van der Waals surface area contributed by atoms with Crippen molar-refractivity contribution in [2.45, 2.75) is 6.42 Å². The molecule has 1 aliphatic rings. The van der Waals surface area contributed by atoms with Gasteiger partial charge in [0.1, 0.15) is 17.6 Å². The van der Waals surface area contributed by atoms with Crippen molar-refractivity contribution in [1.29, 1.82) is 5.26 Å². The minimum atomic E-state index is -0.00171. The van der Waals surface area contributed by atoms with Crippen LogP contribution in [0.15, 0.2) is 12.1 Å². The molecule has 1 aromatic rings. The highest BCUT2D eigenvalue weighted by Crippen LogP contribution is 2.31. The van der Waals surface area contributed by atoms with E-state index in [-0.39, 0.29) is 5.75 Å². The van der Waals surface area contributed by atoms with Crippen molar-refractivity contribution in [3.05, 3.63) is 23.3 Å². The molecule has 0 amide bonds. The summed E-state index contributed by atoms with van der Waals surface area (Å²) in [5, 5.41) is 17.9. The molecule has 0 saturated heterocycles. The average molecular weight is 161 g/mol. The Balaban J connectivity index is 2.59. The van der Waals surface area contributed by atoms with E-state index >= 15 is 0 Å². The van der Waals surface area contributed by atoms with E-state index in [1.807, 2.05) is 6.07 Å². The molecule has 0 radical (unpaired) electrons. The van der Waals surface area contributed by atoms with E-state index in [0.717, 1.165) is 12.0 Å². The van der Waals surface area contributed by atoms with Gasteiger partial charge in [-0.1, -0.05) is 0 Å². The Hall–Kier alpha value is -1.69. The largest absolute Gasteiger partial charge is 0.506 e. The van der Waals surface area contributed by atoms with Gasteiger partial charge in [-0.3, -0.25) is 0 Å². The number of aromatic hydroxyl groups is 1. The summed E-state index contributed by atoms with van der Waals surface area (Å²) in [5.41, 5.74) is 1.32. The third-order valence-electron chi connectivity index (χ3n) is 1.93. The maximum absolute atomic E-state index is 9.27. The Kier molecular flexibility index (Phi) is 1.41. The van der Waals surface area contributed by atoms with Gasteiger partial charge < -0.3 is 9.84 Å². The Labute approximate surface area is 69.8 Å². The lowest BCUT2D eigenvalue weighted by atomic mass is 10.1. The third kappa shape index (κ3) is 0.892. The summed E-state index contributed by atoms with van der Waals surface area (Å²) in [7, 11) is 0. The first-order valence-corrected chi connectivity index (χ1v) is 3.70. The van der Waals surface area contributed by atoms with Gasteiger partial charge in [0.2, 0.25) is 0 Å². The van der Waals surface area contributed by atoms with Gasteiger partial charge in [0.15, 0.2) is 0 Å². The molecule has 0 atom stereocenters. The van der Waals surface area contributed by atoms with Gasteiger partial charge in [0, 0.05) is 12.5 Å². The molecule has 1 aliphatic heterocycles. The highest BCUT2D eigenvalue weighted by molar-refractivity contribution is 5.52. The van der Waals surface area contributed by atoms with E-state index in [0.29, 0.717) is 17.9 Å². The van der Waals surface area contributed by atoms with Crippen LogP contribution in [0, 0.1) is 11.3 Å². The molecule has 2 rings (SSSR count). The first-order chi connectivity index (χ1) is 5.81. The molecule has 0 aliphatic carbocycles. The smallest absolute Gasteiger partial charge is 0.137 e. The lowest BCUT2D eigenvalue weighted by Crippen LogP contribution is -1.85. The minimum Gasteiger partial charge on any atom is -0.506 e. The molecular formula is C9H7NO2. The lowest BCUT2D eigenvalue weighted by Gasteiger charge is -2.00. The summed E-state index contributed by atoms with van der Waals surface area (Å²) in [6, 6.07) is 5.10. The van der Waals surface area contributed by atoms with Crippen molar-refractivity contribution in [3.63, 3.8) is 0 Å². The Morgan fingerprint density at radius 3 is 3.08 bits per heavy atom. The van der Waals surface area contributed by atoms with Crippen LogP contribution in [0.1, 0.15) is 11.1 Å². The minimum absolute atomic E-state index is 0.00171. The molecule has 1 heterocycles. The summed E-state index contributed by atoms with van der Waals surface area (Å²) >= 11 is 0. The second-order valence-electron chi connectivity index (χ2n) is 2.69. The van der Waals surface area contributed by atoms with E-state index in [9.17, 15) is 5.11 Å². The molecule has 0 bridgehead atoms. The second kappa shape index (κ2) is 2.42. The van der Waals surface area contributed by atoms with E-state index in [4.69, 9.17) is 10.00 Å². The van der Waals surface area contributed by atoms with Gasteiger partial charge in [-0.15, -0.1) is 0 Å². The van der Waals surface area contributed by atoms with Crippen LogP contribution in [0.25, 0.3) is 0 Å². The number of nitrogens with zero attached hydrogens (tertiary/aromatic N) is 1. The van der Waals surface area contributed by atoms with Crippen LogP contribution in [0.4, 0.5) is 0 Å². The van der Waals surface area contributed by atoms with Crippen molar-refractivity contribution in [1.82, 2.24) is 0 Å².